The van der Waals surface area contributed by atoms with Gasteiger partial charge in [0.15, 0.2) is 12.4 Å². The molecule has 0 saturated heterocycles. The third-order valence-electron chi connectivity index (χ3n) is 4.10. The van der Waals surface area contributed by atoms with E-state index in [2.05, 4.69) is 5.32 Å². The van der Waals surface area contributed by atoms with Crippen molar-refractivity contribution in [1.82, 2.24) is 0 Å². The maximum absolute atomic E-state index is 12.2. The topological polar surface area (TPSA) is 121 Å². The Kier molecular flexibility index (Phi) is 5.84. The molecule has 144 valence electrons. The SMILES string of the molecule is COc1cc(NC(=O)COC(=O)c2c(C)oc(C)c2C)c(C)cc1[N+](=O)[O-]. The molecule has 27 heavy (non-hydrogen) atoms. The van der Waals surface area contributed by atoms with Crippen molar-refractivity contribution < 1.29 is 28.4 Å². The first-order valence-electron chi connectivity index (χ1n) is 8.02. The van der Waals surface area contributed by atoms with Crippen molar-refractivity contribution in [2.75, 3.05) is 19.0 Å². The first kappa shape index (κ1) is 20.0. The second kappa shape index (κ2) is 7.90. The van der Waals surface area contributed by atoms with E-state index in [4.69, 9.17) is 13.9 Å². The van der Waals surface area contributed by atoms with Gasteiger partial charge in [-0.3, -0.25) is 14.9 Å². The van der Waals surface area contributed by atoms with E-state index in [-0.39, 0.29) is 11.4 Å². The molecule has 9 nitrogen and oxygen atoms in total. The minimum Gasteiger partial charge on any atom is -0.490 e. The standard InChI is InChI=1S/C18H20N2O7/c1-9-6-14(20(23)24)15(25-5)7-13(9)19-16(21)8-26-18(22)17-10(2)11(3)27-12(17)4/h6-7H,8H2,1-5H3,(H,19,21). The first-order valence-corrected chi connectivity index (χ1v) is 8.02. The Bertz CT molecular complexity index is 915. The fourth-order valence-electron chi connectivity index (χ4n) is 2.60. The number of furan rings is 1. The van der Waals surface area contributed by atoms with E-state index in [1.54, 1.807) is 27.7 Å². The fraction of sp³-hybridized carbons (Fsp3) is 0.333. The molecule has 0 atom stereocenters. The molecular formula is C18H20N2O7. The van der Waals surface area contributed by atoms with E-state index in [0.717, 1.165) is 0 Å². The molecule has 0 aliphatic heterocycles. The van der Waals surface area contributed by atoms with Crippen LogP contribution in [0.15, 0.2) is 16.5 Å². The molecule has 2 rings (SSSR count). The zero-order chi connectivity index (χ0) is 20.3. The van der Waals surface area contributed by atoms with Gasteiger partial charge in [-0.05, 0) is 33.3 Å². The largest absolute Gasteiger partial charge is 0.490 e. The lowest BCUT2D eigenvalue weighted by Crippen LogP contribution is -2.21. The zero-order valence-corrected chi connectivity index (χ0v) is 15.7. The summed E-state index contributed by atoms with van der Waals surface area (Å²) in [6.07, 6.45) is 0. The molecule has 0 spiro atoms. The summed E-state index contributed by atoms with van der Waals surface area (Å²) >= 11 is 0. The number of nitro groups is 1. The van der Waals surface area contributed by atoms with Gasteiger partial charge in [0.25, 0.3) is 5.91 Å². The maximum atomic E-state index is 12.2. The number of anilines is 1. The Balaban J connectivity index is 2.08. The molecule has 0 radical (unpaired) electrons. The number of rotatable bonds is 6. The first-order chi connectivity index (χ1) is 12.6. The Hall–Kier alpha value is -3.36. The van der Waals surface area contributed by atoms with Gasteiger partial charge in [-0.1, -0.05) is 0 Å². The second-order valence-corrected chi connectivity index (χ2v) is 5.93. The average Bonchev–Trinajstić information content (AvgIpc) is 2.86. The second-order valence-electron chi connectivity index (χ2n) is 5.93. The van der Waals surface area contributed by atoms with Crippen molar-refractivity contribution in [2.24, 2.45) is 0 Å². The lowest BCUT2D eigenvalue weighted by atomic mass is 10.1. The van der Waals surface area contributed by atoms with E-state index < -0.39 is 23.4 Å². The van der Waals surface area contributed by atoms with E-state index >= 15 is 0 Å². The molecule has 0 aliphatic rings. The molecule has 1 amide bonds. The highest BCUT2D eigenvalue weighted by Crippen LogP contribution is 2.32. The van der Waals surface area contributed by atoms with Gasteiger partial charge in [0.2, 0.25) is 0 Å². The van der Waals surface area contributed by atoms with Crippen molar-refractivity contribution in [3.8, 4) is 5.75 Å². The van der Waals surface area contributed by atoms with Crippen LogP contribution in [0.4, 0.5) is 11.4 Å². The molecule has 0 fully saturated rings. The number of carbonyl (C=O) groups excluding carboxylic acids is 2. The predicted octanol–water partition coefficient (Wildman–Crippen LogP) is 3.23. The minimum atomic E-state index is -0.657. The number of esters is 1. The molecule has 0 unspecified atom stereocenters. The van der Waals surface area contributed by atoms with Crippen LogP contribution in [0.3, 0.4) is 0 Å². The fourth-order valence-corrected chi connectivity index (χ4v) is 2.60. The van der Waals surface area contributed by atoms with Gasteiger partial charge in [-0.15, -0.1) is 0 Å². The number of aryl methyl sites for hydroxylation is 3. The molecule has 2 aromatic rings. The van der Waals surface area contributed by atoms with Crippen molar-refractivity contribution >= 4 is 23.3 Å². The van der Waals surface area contributed by atoms with Crippen LogP contribution in [0, 0.1) is 37.8 Å². The molecule has 0 saturated carbocycles. The monoisotopic (exact) mass is 376 g/mol. The number of nitro benzene ring substituents is 1. The number of nitrogens with zero attached hydrogens (tertiary/aromatic N) is 1. The van der Waals surface area contributed by atoms with E-state index in [1.807, 2.05) is 0 Å². The Morgan fingerprint density at radius 1 is 1.19 bits per heavy atom. The van der Waals surface area contributed by atoms with Crippen LogP contribution in [-0.4, -0.2) is 30.5 Å². The Morgan fingerprint density at radius 2 is 1.85 bits per heavy atom. The van der Waals surface area contributed by atoms with Crippen molar-refractivity contribution in [2.45, 2.75) is 27.7 Å². The molecule has 1 N–H and O–H groups in total. The van der Waals surface area contributed by atoms with Crippen LogP contribution < -0.4 is 10.1 Å². The van der Waals surface area contributed by atoms with Crippen molar-refractivity contribution in [1.29, 1.82) is 0 Å². The molecule has 1 aromatic carbocycles. The van der Waals surface area contributed by atoms with Gasteiger partial charge in [-0.25, -0.2) is 4.79 Å². The van der Waals surface area contributed by atoms with Crippen LogP contribution in [0.1, 0.15) is 33.0 Å². The molecule has 1 aromatic heterocycles. The van der Waals surface area contributed by atoms with Gasteiger partial charge in [0.05, 0.1) is 12.0 Å². The number of amides is 1. The van der Waals surface area contributed by atoms with Gasteiger partial charge in [-0.2, -0.15) is 0 Å². The Labute approximate surface area is 155 Å². The van der Waals surface area contributed by atoms with Crippen molar-refractivity contribution in [3.05, 3.63) is 50.5 Å². The van der Waals surface area contributed by atoms with Crippen LogP contribution in [0.2, 0.25) is 0 Å². The smallest absolute Gasteiger partial charge is 0.342 e. The highest BCUT2D eigenvalue weighted by molar-refractivity contribution is 5.97. The van der Waals surface area contributed by atoms with Crippen LogP contribution >= 0.6 is 0 Å². The number of hydrogen-bond acceptors (Lipinski definition) is 7. The summed E-state index contributed by atoms with van der Waals surface area (Å²) in [6, 6.07) is 2.64. The zero-order valence-electron chi connectivity index (χ0n) is 15.7. The van der Waals surface area contributed by atoms with Gasteiger partial charge < -0.3 is 19.2 Å². The van der Waals surface area contributed by atoms with E-state index in [9.17, 15) is 19.7 Å². The Morgan fingerprint density at radius 3 is 2.37 bits per heavy atom. The number of benzene rings is 1. The molecule has 0 aliphatic carbocycles. The van der Waals surface area contributed by atoms with Gasteiger partial charge in [0, 0.05) is 23.4 Å². The van der Waals surface area contributed by atoms with Crippen LogP contribution in [0.25, 0.3) is 0 Å². The van der Waals surface area contributed by atoms with Gasteiger partial charge in [0.1, 0.15) is 17.1 Å². The normalized spacial score (nSPS) is 10.4. The van der Waals surface area contributed by atoms with Gasteiger partial charge >= 0.3 is 11.7 Å². The summed E-state index contributed by atoms with van der Waals surface area (Å²) in [7, 11) is 1.29. The number of nitrogens with one attached hydrogen (secondary N) is 1. The number of carbonyl (C=O) groups is 2. The summed E-state index contributed by atoms with van der Waals surface area (Å²) in [5.74, 6) is -0.199. The van der Waals surface area contributed by atoms with Crippen LogP contribution in [0.5, 0.6) is 5.75 Å². The summed E-state index contributed by atoms with van der Waals surface area (Å²) in [4.78, 5) is 34.7. The number of hydrogen-bond donors (Lipinski definition) is 1. The van der Waals surface area contributed by atoms with E-state index in [1.165, 1.54) is 19.2 Å². The minimum absolute atomic E-state index is 0.0121. The lowest BCUT2D eigenvalue weighted by molar-refractivity contribution is -0.385. The summed E-state index contributed by atoms with van der Waals surface area (Å²) in [5.41, 5.74) is 1.55. The highest BCUT2D eigenvalue weighted by atomic mass is 16.6. The summed E-state index contributed by atoms with van der Waals surface area (Å²) in [6.45, 7) is 6.20. The highest BCUT2D eigenvalue weighted by Gasteiger charge is 2.22. The number of ether oxygens (including phenoxy) is 2. The predicted molar refractivity (Wildman–Crippen MR) is 96.2 cm³/mol. The quantitative estimate of drug-likeness (QED) is 0.467. The molecule has 9 heteroatoms. The van der Waals surface area contributed by atoms with Crippen molar-refractivity contribution in [3.63, 3.8) is 0 Å². The van der Waals surface area contributed by atoms with Crippen LogP contribution in [-0.2, 0) is 9.53 Å². The maximum Gasteiger partial charge on any atom is 0.342 e. The molecule has 1 heterocycles. The third-order valence-corrected chi connectivity index (χ3v) is 4.10. The van der Waals surface area contributed by atoms with E-state index in [0.29, 0.717) is 33.9 Å². The molecule has 0 bridgehead atoms. The lowest BCUT2D eigenvalue weighted by Gasteiger charge is -2.11. The average molecular weight is 376 g/mol. The summed E-state index contributed by atoms with van der Waals surface area (Å²) in [5, 5.41) is 13.6. The third kappa shape index (κ3) is 4.25. The number of methoxy groups -OCH3 is 1. The summed E-state index contributed by atoms with van der Waals surface area (Å²) < 4.78 is 15.4. The molecular weight excluding hydrogens is 356 g/mol.